The molecule has 1 aliphatic carbocycles. The van der Waals surface area contributed by atoms with Crippen molar-refractivity contribution in [3.05, 3.63) is 49.9 Å². The normalized spacial score (nSPS) is 12.7. The topological polar surface area (TPSA) is 120 Å². The van der Waals surface area contributed by atoms with Crippen LogP contribution in [0.15, 0.2) is 18.2 Å². The fourth-order valence-electron chi connectivity index (χ4n) is 3.41. The molecule has 2 aromatic rings. The van der Waals surface area contributed by atoms with Crippen LogP contribution in [0.4, 0.5) is 16.4 Å². The Hall–Kier alpha value is -2.98. The molecule has 1 aromatic carbocycles. The SMILES string of the molecule is COCCNc1ccc(C(=O)Nc2sc3c(c2C(=O)OC)CCCC3)cc1[N+](=O)[O-]. The van der Waals surface area contributed by atoms with E-state index in [-0.39, 0.29) is 11.3 Å². The van der Waals surface area contributed by atoms with Crippen LogP contribution in [0.3, 0.4) is 0 Å². The standard InChI is InChI=1S/C20H23N3O6S/c1-28-10-9-21-14-8-7-12(11-15(14)23(26)27)18(24)22-19-17(20(25)29-2)13-5-3-4-6-16(13)30-19/h7-8,11,21H,3-6,9-10H2,1-2H3,(H,22,24). The van der Waals surface area contributed by atoms with Crippen molar-refractivity contribution in [3.63, 3.8) is 0 Å². The fraction of sp³-hybridized carbons (Fsp3) is 0.400. The van der Waals surface area contributed by atoms with Gasteiger partial charge in [-0.05, 0) is 43.4 Å². The Labute approximate surface area is 177 Å². The Morgan fingerprint density at radius 3 is 2.70 bits per heavy atom. The lowest BCUT2D eigenvalue weighted by atomic mass is 9.95. The number of carbonyl (C=O) groups excluding carboxylic acids is 2. The number of anilines is 2. The number of esters is 1. The second kappa shape index (κ2) is 9.68. The van der Waals surface area contributed by atoms with Crippen LogP contribution < -0.4 is 10.6 Å². The van der Waals surface area contributed by atoms with E-state index in [0.29, 0.717) is 29.4 Å². The number of nitro benzene ring substituents is 1. The highest BCUT2D eigenvalue weighted by Crippen LogP contribution is 2.39. The molecule has 1 amide bonds. The summed E-state index contributed by atoms with van der Waals surface area (Å²) in [7, 11) is 2.84. The number of fused-ring (bicyclic) bond motifs is 1. The number of benzene rings is 1. The summed E-state index contributed by atoms with van der Waals surface area (Å²) in [4.78, 5) is 37.1. The van der Waals surface area contributed by atoms with Crippen LogP contribution in [-0.2, 0) is 22.3 Å². The van der Waals surface area contributed by atoms with Gasteiger partial charge in [0.15, 0.2) is 0 Å². The summed E-state index contributed by atoms with van der Waals surface area (Å²) < 4.78 is 9.84. The number of thiophene rings is 1. The minimum atomic E-state index is -0.546. The van der Waals surface area contributed by atoms with Crippen molar-refractivity contribution < 1.29 is 24.0 Å². The van der Waals surface area contributed by atoms with Gasteiger partial charge in [-0.25, -0.2) is 4.79 Å². The van der Waals surface area contributed by atoms with Crippen LogP contribution in [-0.4, -0.2) is 44.2 Å². The Bertz CT molecular complexity index is 972. The predicted octanol–water partition coefficient (Wildman–Crippen LogP) is 3.63. The third kappa shape index (κ3) is 4.60. The highest BCUT2D eigenvalue weighted by atomic mass is 32.1. The summed E-state index contributed by atoms with van der Waals surface area (Å²) in [5, 5.41) is 17.5. The van der Waals surface area contributed by atoms with Gasteiger partial charge < -0.3 is 20.1 Å². The molecule has 0 bridgehead atoms. The molecule has 0 radical (unpaired) electrons. The lowest BCUT2D eigenvalue weighted by Gasteiger charge is -2.12. The van der Waals surface area contributed by atoms with Crippen LogP contribution in [0.1, 0.15) is 44.0 Å². The van der Waals surface area contributed by atoms with Gasteiger partial charge in [-0.15, -0.1) is 11.3 Å². The maximum atomic E-state index is 12.8. The summed E-state index contributed by atoms with van der Waals surface area (Å²) in [6.07, 6.45) is 3.63. The smallest absolute Gasteiger partial charge is 0.341 e. The van der Waals surface area contributed by atoms with E-state index in [9.17, 15) is 19.7 Å². The first-order chi connectivity index (χ1) is 14.5. The zero-order valence-electron chi connectivity index (χ0n) is 16.8. The van der Waals surface area contributed by atoms with Gasteiger partial charge in [0.05, 0.1) is 24.2 Å². The minimum absolute atomic E-state index is 0.126. The third-order valence-corrected chi connectivity index (χ3v) is 6.07. The summed E-state index contributed by atoms with van der Waals surface area (Å²) in [5.74, 6) is -1.02. The third-order valence-electron chi connectivity index (χ3n) is 4.87. The predicted molar refractivity (Wildman–Crippen MR) is 114 cm³/mol. The van der Waals surface area contributed by atoms with Gasteiger partial charge >= 0.3 is 5.97 Å². The van der Waals surface area contributed by atoms with Gasteiger partial charge in [-0.2, -0.15) is 0 Å². The van der Waals surface area contributed by atoms with Crippen molar-refractivity contribution in [2.75, 3.05) is 38.0 Å². The molecule has 30 heavy (non-hydrogen) atoms. The van der Waals surface area contributed by atoms with E-state index in [0.717, 1.165) is 36.1 Å². The molecule has 0 aliphatic heterocycles. The molecule has 0 unspecified atom stereocenters. The van der Waals surface area contributed by atoms with Crippen molar-refractivity contribution in [2.45, 2.75) is 25.7 Å². The van der Waals surface area contributed by atoms with Gasteiger partial charge in [-0.3, -0.25) is 14.9 Å². The largest absolute Gasteiger partial charge is 0.465 e. The maximum absolute atomic E-state index is 12.8. The molecular weight excluding hydrogens is 410 g/mol. The number of carbonyl (C=O) groups is 2. The molecular formula is C20H23N3O6S. The second-order valence-electron chi connectivity index (χ2n) is 6.77. The van der Waals surface area contributed by atoms with Crippen molar-refractivity contribution >= 4 is 39.6 Å². The quantitative estimate of drug-likeness (QED) is 0.282. The van der Waals surface area contributed by atoms with E-state index in [4.69, 9.17) is 9.47 Å². The number of methoxy groups -OCH3 is 2. The van der Waals surface area contributed by atoms with Crippen LogP contribution in [0.25, 0.3) is 0 Å². The van der Waals surface area contributed by atoms with E-state index < -0.39 is 16.8 Å². The van der Waals surface area contributed by atoms with Crippen LogP contribution >= 0.6 is 11.3 Å². The lowest BCUT2D eigenvalue weighted by Crippen LogP contribution is -2.16. The first kappa shape index (κ1) is 21.7. The average Bonchev–Trinajstić information content (AvgIpc) is 3.11. The van der Waals surface area contributed by atoms with Crippen molar-refractivity contribution in [2.24, 2.45) is 0 Å². The monoisotopic (exact) mass is 433 g/mol. The fourth-order valence-corrected chi connectivity index (χ4v) is 4.68. The van der Waals surface area contributed by atoms with Crippen molar-refractivity contribution in [1.29, 1.82) is 0 Å². The molecule has 0 saturated carbocycles. The van der Waals surface area contributed by atoms with Crippen LogP contribution in [0.2, 0.25) is 0 Å². The maximum Gasteiger partial charge on any atom is 0.341 e. The van der Waals surface area contributed by atoms with Gasteiger partial charge in [-0.1, -0.05) is 0 Å². The molecule has 0 saturated heterocycles. The van der Waals surface area contributed by atoms with Gasteiger partial charge in [0.25, 0.3) is 11.6 Å². The van der Waals surface area contributed by atoms with Gasteiger partial charge in [0.2, 0.25) is 0 Å². The average molecular weight is 433 g/mol. The number of nitro groups is 1. The Morgan fingerprint density at radius 2 is 2.00 bits per heavy atom. The lowest BCUT2D eigenvalue weighted by molar-refractivity contribution is -0.384. The van der Waals surface area contributed by atoms with Crippen LogP contribution in [0.5, 0.6) is 0 Å². The molecule has 160 valence electrons. The highest BCUT2D eigenvalue weighted by molar-refractivity contribution is 7.17. The van der Waals surface area contributed by atoms with E-state index >= 15 is 0 Å². The molecule has 0 spiro atoms. The zero-order valence-corrected chi connectivity index (χ0v) is 17.6. The van der Waals surface area contributed by atoms with Crippen LogP contribution in [0, 0.1) is 10.1 Å². The summed E-state index contributed by atoms with van der Waals surface area (Å²) in [5.41, 5.74) is 1.53. The molecule has 9 nitrogen and oxygen atoms in total. The minimum Gasteiger partial charge on any atom is -0.465 e. The van der Waals surface area contributed by atoms with Crippen molar-refractivity contribution in [3.8, 4) is 0 Å². The Balaban J connectivity index is 1.87. The Kier molecular flexibility index (Phi) is 7.01. The first-order valence-electron chi connectivity index (χ1n) is 9.51. The molecule has 1 aromatic heterocycles. The van der Waals surface area contributed by atoms with Gasteiger partial charge in [0.1, 0.15) is 10.7 Å². The van der Waals surface area contributed by atoms with Crippen molar-refractivity contribution in [1.82, 2.24) is 0 Å². The van der Waals surface area contributed by atoms with E-state index in [1.54, 1.807) is 0 Å². The number of rotatable bonds is 8. The second-order valence-corrected chi connectivity index (χ2v) is 7.87. The van der Waals surface area contributed by atoms with Gasteiger partial charge in [0, 0.05) is 30.2 Å². The molecule has 1 heterocycles. The molecule has 2 N–H and O–H groups in total. The number of hydrogen-bond acceptors (Lipinski definition) is 8. The molecule has 0 fully saturated rings. The number of nitrogens with zero attached hydrogens (tertiary/aromatic N) is 1. The Morgan fingerprint density at radius 1 is 1.23 bits per heavy atom. The molecule has 1 aliphatic rings. The summed E-state index contributed by atoms with van der Waals surface area (Å²) in [6, 6.07) is 4.21. The molecule has 0 atom stereocenters. The number of amides is 1. The van der Waals surface area contributed by atoms with E-state index in [1.165, 1.54) is 43.8 Å². The van der Waals surface area contributed by atoms with E-state index in [2.05, 4.69) is 10.6 Å². The highest BCUT2D eigenvalue weighted by Gasteiger charge is 2.27. The van der Waals surface area contributed by atoms with E-state index in [1.807, 2.05) is 0 Å². The number of ether oxygens (including phenoxy) is 2. The summed E-state index contributed by atoms with van der Waals surface area (Å²) >= 11 is 1.36. The molecule has 10 heteroatoms. The first-order valence-corrected chi connectivity index (χ1v) is 10.3. The number of aryl methyl sites for hydroxylation is 1. The zero-order chi connectivity index (χ0) is 21.7. The number of hydrogen-bond donors (Lipinski definition) is 2. The number of nitrogens with one attached hydrogen (secondary N) is 2. The molecule has 3 rings (SSSR count). The summed E-state index contributed by atoms with van der Waals surface area (Å²) in [6.45, 7) is 0.783.